The van der Waals surface area contributed by atoms with Crippen molar-refractivity contribution < 1.29 is 18.0 Å². The number of hydrogen-bond donors (Lipinski definition) is 1. The van der Waals surface area contributed by atoms with Crippen LogP contribution in [0.2, 0.25) is 0 Å². The van der Waals surface area contributed by atoms with Gasteiger partial charge in [-0.3, -0.25) is 4.79 Å². The third-order valence-electron chi connectivity index (χ3n) is 3.96. The number of amides is 1. The van der Waals surface area contributed by atoms with Crippen LogP contribution in [0.1, 0.15) is 5.76 Å². The summed E-state index contributed by atoms with van der Waals surface area (Å²) in [5, 5.41) is 13.9. The summed E-state index contributed by atoms with van der Waals surface area (Å²) in [4.78, 5) is 13.0. The summed E-state index contributed by atoms with van der Waals surface area (Å²) < 4.78 is 33.9. The fourth-order valence-corrected chi connectivity index (χ4v) is 2.63. The van der Waals surface area contributed by atoms with Crippen molar-refractivity contribution in [3.8, 4) is 11.4 Å². The Morgan fingerprint density at radius 1 is 1.07 bits per heavy atom. The van der Waals surface area contributed by atoms with E-state index < -0.39 is 17.5 Å². The standard InChI is InChI=1S/C20H13F2N5O2/c21-14-8-9-16(22)17(11-14)23-20(28)18(12-15-7-4-10-29-15)27-19(24-25-26-27)13-5-2-1-3-6-13/h1-12H,(H,23,28). The number of benzene rings is 2. The van der Waals surface area contributed by atoms with Gasteiger partial charge in [-0.1, -0.05) is 30.3 Å². The predicted molar refractivity (Wildman–Crippen MR) is 101 cm³/mol. The molecule has 0 saturated carbocycles. The molecule has 2 aromatic carbocycles. The van der Waals surface area contributed by atoms with Crippen LogP contribution in [0.15, 0.2) is 71.3 Å². The zero-order valence-electron chi connectivity index (χ0n) is 14.8. The lowest BCUT2D eigenvalue weighted by atomic mass is 10.2. The minimum atomic E-state index is -0.780. The van der Waals surface area contributed by atoms with Gasteiger partial charge in [0.05, 0.1) is 12.0 Å². The molecule has 0 saturated heterocycles. The molecule has 0 atom stereocenters. The summed E-state index contributed by atoms with van der Waals surface area (Å²) in [5.74, 6) is -1.58. The number of nitrogens with zero attached hydrogens (tertiary/aromatic N) is 4. The summed E-state index contributed by atoms with van der Waals surface area (Å²) in [6.45, 7) is 0. The molecule has 0 aliphatic rings. The van der Waals surface area contributed by atoms with E-state index in [2.05, 4.69) is 20.8 Å². The molecule has 1 amide bonds. The third-order valence-corrected chi connectivity index (χ3v) is 3.96. The largest absolute Gasteiger partial charge is 0.465 e. The number of furan rings is 1. The molecular formula is C20H13F2N5O2. The molecule has 4 rings (SSSR count). The van der Waals surface area contributed by atoms with Gasteiger partial charge in [-0.05, 0) is 34.7 Å². The van der Waals surface area contributed by atoms with Crippen LogP contribution in [0.4, 0.5) is 14.5 Å². The fourth-order valence-electron chi connectivity index (χ4n) is 2.63. The number of nitrogens with one attached hydrogen (secondary N) is 1. The first kappa shape index (κ1) is 18.2. The number of carbonyl (C=O) groups excluding carboxylic acids is 1. The van der Waals surface area contributed by atoms with E-state index in [0.717, 1.165) is 18.2 Å². The van der Waals surface area contributed by atoms with Crippen LogP contribution < -0.4 is 5.32 Å². The molecule has 0 aliphatic heterocycles. The van der Waals surface area contributed by atoms with Crippen LogP contribution in [0.3, 0.4) is 0 Å². The van der Waals surface area contributed by atoms with Crippen molar-refractivity contribution in [3.63, 3.8) is 0 Å². The highest BCUT2D eigenvalue weighted by Crippen LogP contribution is 2.23. The van der Waals surface area contributed by atoms with Crippen LogP contribution in [-0.2, 0) is 4.79 Å². The highest BCUT2D eigenvalue weighted by Gasteiger charge is 2.21. The van der Waals surface area contributed by atoms with Crippen LogP contribution >= 0.6 is 0 Å². The molecule has 0 unspecified atom stereocenters. The second-order valence-electron chi connectivity index (χ2n) is 5.90. The summed E-state index contributed by atoms with van der Waals surface area (Å²) in [6, 6.07) is 15.0. The zero-order valence-corrected chi connectivity index (χ0v) is 14.8. The SMILES string of the molecule is O=C(Nc1cc(F)ccc1F)C(=Cc1ccco1)n1nnnc1-c1ccccc1. The van der Waals surface area contributed by atoms with E-state index in [1.807, 2.05) is 6.07 Å². The maximum Gasteiger partial charge on any atom is 0.274 e. The first-order valence-corrected chi connectivity index (χ1v) is 8.47. The number of tetrazole rings is 1. The third kappa shape index (κ3) is 3.93. The Labute approximate surface area is 163 Å². The smallest absolute Gasteiger partial charge is 0.274 e. The van der Waals surface area contributed by atoms with E-state index in [9.17, 15) is 13.6 Å². The van der Waals surface area contributed by atoms with Crippen molar-refractivity contribution in [1.29, 1.82) is 0 Å². The average Bonchev–Trinajstić information content (AvgIpc) is 3.41. The normalized spacial score (nSPS) is 11.4. The molecule has 7 nitrogen and oxygen atoms in total. The predicted octanol–water partition coefficient (Wildman–Crippen LogP) is 3.85. The Kier molecular flexibility index (Phi) is 4.93. The van der Waals surface area contributed by atoms with E-state index in [-0.39, 0.29) is 11.4 Å². The van der Waals surface area contributed by atoms with Gasteiger partial charge in [0.15, 0.2) is 5.82 Å². The van der Waals surface area contributed by atoms with Gasteiger partial charge in [-0.15, -0.1) is 5.10 Å². The topological polar surface area (TPSA) is 85.8 Å². The first-order chi connectivity index (χ1) is 14.1. The van der Waals surface area contributed by atoms with Gasteiger partial charge in [0.2, 0.25) is 0 Å². The Bertz CT molecular complexity index is 1170. The lowest BCUT2D eigenvalue weighted by Gasteiger charge is -2.11. The molecule has 1 N–H and O–H groups in total. The van der Waals surface area contributed by atoms with Crippen LogP contribution in [0.5, 0.6) is 0 Å². The van der Waals surface area contributed by atoms with Gasteiger partial charge in [-0.25, -0.2) is 8.78 Å². The number of anilines is 1. The molecule has 4 aromatic rings. The number of aromatic nitrogens is 4. The van der Waals surface area contributed by atoms with Crippen molar-refractivity contribution in [1.82, 2.24) is 20.2 Å². The van der Waals surface area contributed by atoms with Crippen molar-refractivity contribution in [2.75, 3.05) is 5.32 Å². The number of rotatable bonds is 5. The summed E-state index contributed by atoms with van der Waals surface area (Å²) in [6.07, 6.45) is 2.83. The number of hydrogen-bond acceptors (Lipinski definition) is 5. The van der Waals surface area contributed by atoms with Crippen molar-refractivity contribution in [3.05, 3.63) is 84.3 Å². The molecule has 0 bridgehead atoms. The molecule has 144 valence electrons. The van der Waals surface area contributed by atoms with E-state index >= 15 is 0 Å². The second kappa shape index (κ2) is 7.85. The van der Waals surface area contributed by atoms with E-state index in [1.54, 1.807) is 36.4 Å². The first-order valence-electron chi connectivity index (χ1n) is 8.47. The molecule has 0 spiro atoms. The lowest BCUT2D eigenvalue weighted by molar-refractivity contribution is -0.111. The Morgan fingerprint density at radius 2 is 1.90 bits per heavy atom. The zero-order chi connectivity index (χ0) is 20.2. The van der Waals surface area contributed by atoms with Crippen LogP contribution in [0.25, 0.3) is 23.2 Å². The van der Waals surface area contributed by atoms with Crippen LogP contribution in [0, 0.1) is 11.6 Å². The molecule has 0 fully saturated rings. The number of halogens is 2. The van der Waals surface area contributed by atoms with Gasteiger partial charge in [0.1, 0.15) is 23.1 Å². The molecular weight excluding hydrogens is 380 g/mol. The second-order valence-corrected chi connectivity index (χ2v) is 5.90. The maximum atomic E-state index is 14.0. The van der Waals surface area contributed by atoms with Gasteiger partial charge in [0.25, 0.3) is 5.91 Å². The van der Waals surface area contributed by atoms with Crippen molar-refractivity contribution in [2.24, 2.45) is 0 Å². The Balaban J connectivity index is 1.77. The molecule has 2 aromatic heterocycles. The Hall–Kier alpha value is -4.14. The van der Waals surface area contributed by atoms with Crippen LogP contribution in [-0.4, -0.2) is 26.1 Å². The van der Waals surface area contributed by atoms with Gasteiger partial charge >= 0.3 is 0 Å². The minimum Gasteiger partial charge on any atom is -0.465 e. The fraction of sp³-hybridized carbons (Fsp3) is 0. The molecule has 29 heavy (non-hydrogen) atoms. The summed E-state index contributed by atoms with van der Waals surface area (Å²) in [5.41, 5.74) is 0.301. The number of carbonyl (C=O) groups is 1. The van der Waals surface area contributed by atoms with Gasteiger partial charge < -0.3 is 9.73 Å². The van der Waals surface area contributed by atoms with E-state index in [1.165, 1.54) is 17.0 Å². The highest BCUT2D eigenvalue weighted by atomic mass is 19.1. The molecule has 0 aliphatic carbocycles. The van der Waals surface area contributed by atoms with Crippen molar-refractivity contribution >= 4 is 23.4 Å². The molecule has 0 radical (unpaired) electrons. The summed E-state index contributed by atoms with van der Waals surface area (Å²) >= 11 is 0. The Morgan fingerprint density at radius 3 is 2.66 bits per heavy atom. The molecule has 9 heteroatoms. The van der Waals surface area contributed by atoms with E-state index in [4.69, 9.17) is 4.42 Å². The van der Waals surface area contributed by atoms with Crippen molar-refractivity contribution in [2.45, 2.75) is 0 Å². The van der Waals surface area contributed by atoms with Gasteiger partial charge in [0, 0.05) is 17.7 Å². The minimum absolute atomic E-state index is 0.0486. The van der Waals surface area contributed by atoms with E-state index in [0.29, 0.717) is 17.1 Å². The summed E-state index contributed by atoms with van der Waals surface area (Å²) in [7, 11) is 0. The average molecular weight is 393 g/mol. The maximum absolute atomic E-state index is 14.0. The lowest BCUT2D eigenvalue weighted by Crippen LogP contribution is -2.20. The quantitative estimate of drug-likeness (QED) is 0.521. The molecule has 2 heterocycles. The highest BCUT2D eigenvalue weighted by molar-refractivity contribution is 6.24. The monoisotopic (exact) mass is 393 g/mol. The van der Waals surface area contributed by atoms with Gasteiger partial charge in [-0.2, -0.15) is 4.68 Å².